The van der Waals surface area contributed by atoms with E-state index in [0.29, 0.717) is 0 Å². The maximum atomic E-state index is 12.2. The summed E-state index contributed by atoms with van der Waals surface area (Å²) in [6, 6.07) is 13.5. The summed E-state index contributed by atoms with van der Waals surface area (Å²) in [4.78, 5) is 37.4. The monoisotopic (exact) mass is 386 g/mol. The van der Waals surface area contributed by atoms with Crippen molar-refractivity contribution in [3.63, 3.8) is 0 Å². The number of aryl methyl sites for hydroxylation is 1. The van der Waals surface area contributed by atoms with Gasteiger partial charge in [-0.25, -0.2) is 8.42 Å². The Labute approximate surface area is 157 Å². The highest BCUT2D eigenvalue weighted by molar-refractivity contribution is 7.90. The Bertz CT molecular complexity index is 995. The zero-order chi connectivity index (χ0) is 19.6. The van der Waals surface area contributed by atoms with Gasteiger partial charge in [-0.1, -0.05) is 36.4 Å². The summed E-state index contributed by atoms with van der Waals surface area (Å²) >= 11 is 0. The van der Waals surface area contributed by atoms with Gasteiger partial charge in [-0.15, -0.1) is 0 Å². The lowest BCUT2D eigenvalue weighted by Crippen LogP contribution is -2.40. The number of nitrogens with zero attached hydrogens (tertiary/aromatic N) is 1. The SMILES string of the molecule is Cc1ccccc1CC(=O)NS(=O)(=O)CCN1C(=O)c2ccccc2C1=O. The van der Waals surface area contributed by atoms with Gasteiger partial charge in [0, 0.05) is 6.54 Å². The van der Waals surface area contributed by atoms with Crippen LogP contribution >= 0.6 is 0 Å². The zero-order valence-electron chi connectivity index (χ0n) is 14.6. The van der Waals surface area contributed by atoms with E-state index >= 15 is 0 Å². The Morgan fingerprint density at radius 1 is 0.963 bits per heavy atom. The summed E-state index contributed by atoms with van der Waals surface area (Å²) in [5.41, 5.74) is 2.12. The van der Waals surface area contributed by atoms with Gasteiger partial charge in [0.1, 0.15) is 0 Å². The van der Waals surface area contributed by atoms with E-state index in [1.54, 1.807) is 24.3 Å². The van der Waals surface area contributed by atoms with Crippen LogP contribution in [-0.4, -0.2) is 43.3 Å². The summed E-state index contributed by atoms with van der Waals surface area (Å²) in [6.45, 7) is 1.51. The molecule has 0 aromatic heterocycles. The largest absolute Gasteiger partial charge is 0.274 e. The molecule has 140 valence electrons. The van der Waals surface area contributed by atoms with E-state index in [9.17, 15) is 22.8 Å². The van der Waals surface area contributed by atoms with Crippen LogP contribution in [0.5, 0.6) is 0 Å². The lowest BCUT2D eigenvalue weighted by molar-refractivity contribution is -0.118. The number of fused-ring (bicyclic) bond motifs is 1. The standard InChI is InChI=1S/C19H18N2O5S/c1-13-6-2-3-7-14(13)12-17(22)20-27(25,26)11-10-21-18(23)15-8-4-5-9-16(15)19(21)24/h2-9H,10-12H2,1H3,(H,20,22). The first-order chi connectivity index (χ1) is 12.8. The second kappa shape index (κ2) is 7.32. The minimum Gasteiger partial charge on any atom is -0.274 e. The molecule has 0 saturated heterocycles. The van der Waals surface area contributed by atoms with E-state index in [4.69, 9.17) is 0 Å². The molecule has 2 aromatic rings. The number of rotatable bonds is 6. The molecular weight excluding hydrogens is 368 g/mol. The van der Waals surface area contributed by atoms with Crippen molar-refractivity contribution in [1.29, 1.82) is 0 Å². The van der Waals surface area contributed by atoms with Crippen molar-refractivity contribution in [2.75, 3.05) is 12.3 Å². The van der Waals surface area contributed by atoms with Gasteiger partial charge in [0.2, 0.25) is 15.9 Å². The predicted molar refractivity (Wildman–Crippen MR) is 98.6 cm³/mol. The highest BCUT2D eigenvalue weighted by atomic mass is 32.2. The molecule has 7 nitrogen and oxygen atoms in total. The molecule has 0 saturated carbocycles. The predicted octanol–water partition coefficient (Wildman–Crippen LogP) is 1.28. The number of hydrogen-bond acceptors (Lipinski definition) is 5. The topological polar surface area (TPSA) is 101 Å². The van der Waals surface area contributed by atoms with Gasteiger partial charge >= 0.3 is 0 Å². The number of sulfonamides is 1. The van der Waals surface area contributed by atoms with Gasteiger partial charge in [-0.2, -0.15) is 0 Å². The van der Waals surface area contributed by atoms with Crippen molar-refractivity contribution in [3.05, 3.63) is 70.8 Å². The van der Waals surface area contributed by atoms with Crippen LogP contribution < -0.4 is 4.72 Å². The molecule has 3 amide bonds. The van der Waals surface area contributed by atoms with Crippen LogP contribution in [0.1, 0.15) is 31.8 Å². The molecule has 1 heterocycles. The molecule has 0 aliphatic carbocycles. The lowest BCUT2D eigenvalue weighted by atomic mass is 10.1. The molecule has 8 heteroatoms. The van der Waals surface area contributed by atoms with Gasteiger partial charge in [0.05, 0.1) is 23.3 Å². The third kappa shape index (κ3) is 4.06. The van der Waals surface area contributed by atoms with Gasteiger partial charge in [-0.3, -0.25) is 24.0 Å². The molecule has 1 aliphatic heterocycles. The van der Waals surface area contributed by atoms with E-state index in [1.165, 1.54) is 12.1 Å². The van der Waals surface area contributed by atoms with Crippen LogP contribution in [0, 0.1) is 6.92 Å². The first-order valence-electron chi connectivity index (χ1n) is 8.31. The normalized spacial score (nSPS) is 13.6. The van der Waals surface area contributed by atoms with E-state index in [1.807, 2.05) is 23.8 Å². The van der Waals surface area contributed by atoms with Gasteiger partial charge in [-0.05, 0) is 30.2 Å². The molecule has 3 rings (SSSR count). The molecule has 0 unspecified atom stereocenters. The number of imide groups is 1. The van der Waals surface area contributed by atoms with Crippen LogP contribution in [0.3, 0.4) is 0 Å². The maximum absolute atomic E-state index is 12.2. The fourth-order valence-corrected chi connectivity index (χ4v) is 3.84. The van der Waals surface area contributed by atoms with E-state index < -0.39 is 33.5 Å². The smallest absolute Gasteiger partial charge is 0.261 e. The van der Waals surface area contributed by atoms with Gasteiger partial charge < -0.3 is 0 Å². The molecule has 2 aromatic carbocycles. The number of nitrogens with one attached hydrogen (secondary N) is 1. The fourth-order valence-electron chi connectivity index (χ4n) is 2.90. The van der Waals surface area contributed by atoms with Gasteiger partial charge in [0.25, 0.3) is 11.8 Å². The van der Waals surface area contributed by atoms with Crippen molar-refractivity contribution in [2.45, 2.75) is 13.3 Å². The summed E-state index contributed by atoms with van der Waals surface area (Å²) in [6.07, 6.45) is -0.0705. The third-order valence-corrected chi connectivity index (χ3v) is 5.60. The lowest BCUT2D eigenvalue weighted by Gasteiger charge is -2.14. The van der Waals surface area contributed by atoms with Crippen LogP contribution in [-0.2, 0) is 21.2 Å². The number of hydrogen-bond donors (Lipinski definition) is 1. The maximum Gasteiger partial charge on any atom is 0.261 e. The van der Waals surface area contributed by atoms with Crippen molar-refractivity contribution >= 4 is 27.7 Å². The number of amides is 3. The Hall–Kier alpha value is -3.00. The fraction of sp³-hybridized carbons (Fsp3) is 0.211. The molecule has 0 bridgehead atoms. The first-order valence-corrected chi connectivity index (χ1v) is 9.97. The molecular formula is C19H18N2O5S. The second-order valence-electron chi connectivity index (χ2n) is 6.25. The molecule has 0 atom stereocenters. The van der Waals surface area contributed by atoms with Crippen LogP contribution in [0.2, 0.25) is 0 Å². The minimum atomic E-state index is -3.98. The molecule has 0 radical (unpaired) electrons. The molecule has 0 spiro atoms. The quantitative estimate of drug-likeness (QED) is 0.754. The van der Waals surface area contributed by atoms with Crippen molar-refractivity contribution < 1.29 is 22.8 Å². The van der Waals surface area contributed by atoms with Crippen LogP contribution in [0.4, 0.5) is 0 Å². The van der Waals surface area contributed by atoms with Gasteiger partial charge in [0.15, 0.2) is 0 Å². The first kappa shape index (κ1) is 18.8. The highest BCUT2D eigenvalue weighted by Crippen LogP contribution is 2.22. The van der Waals surface area contributed by atoms with E-state index in [-0.39, 0.29) is 24.1 Å². The Morgan fingerprint density at radius 3 is 2.11 bits per heavy atom. The summed E-state index contributed by atoms with van der Waals surface area (Å²) < 4.78 is 26.3. The summed E-state index contributed by atoms with van der Waals surface area (Å²) in [7, 11) is -3.98. The van der Waals surface area contributed by atoms with Crippen LogP contribution in [0.15, 0.2) is 48.5 Å². The summed E-state index contributed by atoms with van der Waals surface area (Å²) in [5, 5.41) is 0. The Kier molecular flexibility index (Phi) is 5.09. The average Bonchev–Trinajstić information content (AvgIpc) is 2.86. The highest BCUT2D eigenvalue weighted by Gasteiger charge is 2.35. The summed E-state index contributed by atoms with van der Waals surface area (Å²) in [5.74, 6) is -2.27. The number of carbonyl (C=O) groups is 3. The van der Waals surface area contributed by atoms with E-state index in [0.717, 1.165) is 16.0 Å². The molecule has 1 aliphatic rings. The molecule has 27 heavy (non-hydrogen) atoms. The van der Waals surface area contributed by atoms with Crippen LogP contribution in [0.25, 0.3) is 0 Å². The minimum absolute atomic E-state index is 0.0705. The number of carbonyl (C=O) groups excluding carboxylic acids is 3. The molecule has 1 N–H and O–H groups in total. The Morgan fingerprint density at radius 2 is 1.52 bits per heavy atom. The third-order valence-electron chi connectivity index (χ3n) is 4.34. The average molecular weight is 386 g/mol. The van der Waals surface area contributed by atoms with Crippen molar-refractivity contribution in [2.24, 2.45) is 0 Å². The molecule has 0 fully saturated rings. The Balaban J connectivity index is 1.61. The van der Waals surface area contributed by atoms with Crippen molar-refractivity contribution in [1.82, 2.24) is 9.62 Å². The zero-order valence-corrected chi connectivity index (χ0v) is 15.5. The van der Waals surface area contributed by atoms with E-state index in [2.05, 4.69) is 0 Å². The number of benzene rings is 2. The second-order valence-corrected chi connectivity index (χ2v) is 8.10. The van der Waals surface area contributed by atoms with Crippen molar-refractivity contribution in [3.8, 4) is 0 Å².